The SMILES string of the molecule is Cc1ccc(C(C)C)c(N2C(=O)CS/C2=N\C(=O)Nc2ccc(CCc3ncn(-c4ccc(OC(F)(F)F)cc4)n3)cc2)c1. The van der Waals surface area contributed by atoms with E-state index < -0.39 is 12.4 Å². The van der Waals surface area contributed by atoms with Gasteiger partial charge in [-0.15, -0.1) is 13.2 Å². The van der Waals surface area contributed by atoms with Gasteiger partial charge < -0.3 is 10.1 Å². The van der Waals surface area contributed by atoms with E-state index in [9.17, 15) is 22.8 Å². The van der Waals surface area contributed by atoms with Gasteiger partial charge in [0.25, 0.3) is 0 Å². The van der Waals surface area contributed by atoms with Crippen molar-refractivity contribution in [3.05, 3.63) is 95.6 Å². The third kappa shape index (κ3) is 7.64. The zero-order chi connectivity index (χ0) is 31.4. The molecule has 228 valence electrons. The number of aromatic nitrogens is 3. The maximum Gasteiger partial charge on any atom is 0.573 e. The molecule has 1 aromatic heterocycles. The van der Waals surface area contributed by atoms with Crippen molar-refractivity contribution in [3.63, 3.8) is 0 Å². The maximum absolute atomic E-state index is 12.8. The minimum atomic E-state index is -4.75. The Labute approximate surface area is 256 Å². The van der Waals surface area contributed by atoms with E-state index in [1.54, 1.807) is 12.1 Å². The molecule has 13 heteroatoms. The summed E-state index contributed by atoms with van der Waals surface area (Å²) >= 11 is 1.23. The fourth-order valence-corrected chi connectivity index (χ4v) is 5.46. The molecule has 2 heterocycles. The van der Waals surface area contributed by atoms with Gasteiger partial charge in [-0.25, -0.2) is 14.5 Å². The van der Waals surface area contributed by atoms with E-state index in [0.717, 1.165) is 22.4 Å². The number of aliphatic imine (C=N–C) groups is 1. The van der Waals surface area contributed by atoms with Crippen molar-refractivity contribution in [2.45, 2.75) is 45.9 Å². The standard InChI is InChI=1S/C31H29F3N6O3S/c1-19(2)25-14-4-20(3)16-26(25)40-28(41)17-44-30(40)37-29(42)36-22-8-5-21(6-9-22)7-15-27-35-18-39(38-27)23-10-12-24(13-11-23)43-31(32,33)34/h4-6,8-14,16,18-19H,7,15,17H2,1-3H3,(H,36,42)/b37-30-. The second-order valence-electron chi connectivity index (χ2n) is 10.4. The number of benzene rings is 3. The minimum absolute atomic E-state index is 0.119. The van der Waals surface area contributed by atoms with E-state index in [0.29, 0.717) is 35.2 Å². The lowest BCUT2D eigenvalue weighted by Gasteiger charge is -2.22. The Morgan fingerprint density at radius 3 is 2.48 bits per heavy atom. The lowest BCUT2D eigenvalue weighted by molar-refractivity contribution is -0.274. The first-order valence-electron chi connectivity index (χ1n) is 13.8. The highest BCUT2D eigenvalue weighted by molar-refractivity contribution is 8.15. The van der Waals surface area contributed by atoms with Gasteiger partial charge in [0.2, 0.25) is 5.91 Å². The van der Waals surface area contributed by atoms with Crippen LogP contribution in [-0.2, 0) is 17.6 Å². The number of carbonyl (C=O) groups is 2. The number of rotatable bonds is 8. The van der Waals surface area contributed by atoms with Gasteiger partial charge in [-0.3, -0.25) is 9.69 Å². The molecule has 1 aliphatic heterocycles. The van der Waals surface area contributed by atoms with Crippen molar-refractivity contribution in [1.29, 1.82) is 0 Å². The molecule has 0 radical (unpaired) electrons. The molecule has 0 bridgehead atoms. The van der Waals surface area contributed by atoms with Crippen LogP contribution in [0.2, 0.25) is 0 Å². The molecule has 9 nitrogen and oxygen atoms in total. The Kier molecular flexibility index (Phi) is 9.04. The summed E-state index contributed by atoms with van der Waals surface area (Å²) in [6.07, 6.45) is -2.10. The fraction of sp³-hybridized carbons (Fsp3) is 0.258. The van der Waals surface area contributed by atoms with Crippen LogP contribution in [0.3, 0.4) is 0 Å². The molecule has 1 fully saturated rings. The van der Waals surface area contributed by atoms with Gasteiger partial charge in [0.05, 0.1) is 17.1 Å². The molecule has 4 aromatic rings. The first-order chi connectivity index (χ1) is 20.9. The van der Waals surface area contributed by atoms with Gasteiger partial charge in [0.15, 0.2) is 11.0 Å². The van der Waals surface area contributed by atoms with Gasteiger partial charge >= 0.3 is 12.4 Å². The Balaban J connectivity index is 1.18. The number of urea groups is 1. The largest absolute Gasteiger partial charge is 0.573 e. The van der Waals surface area contributed by atoms with E-state index in [1.165, 1.54) is 51.9 Å². The summed E-state index contributed by atoms with van der Waals surface area (Å²) in [7, 11) is 0. The number of amidine groups is 1. The summed E-state index contributed by atoms with van der Waals surface area (Å²) in [6.45, 7) is 6.07. The van der Waals surface area contributed by atoms with Gasteiger partial charge in [-0.05, 0) is 78.4 Å². The molecule has 1 saturated heterocycles. The average molecular weight is 623 g/mol. The van der Waals surface area contributed by atoms with Crippen molar-refractivity contribution < 1.29 is 27.5 Å². The summed E-state index contributed by atoms with van der Waals surface area (Å²) in [5.74, 6) is 0.530. The highest BCUT2D eigenvalue weighted by Gasteiger charge is 2.33. The maximum atomic E-state index is 12.8. The molecule has 0 aliphatic carbocycles. The lowest BCUT2D eigenvalue weighted by atomic mass is 9.99. The zero-order valence-corrected chi connectivity index (χ0v) is 24.9. The van der Waals surface area contributed by atoms with Gasteiger partial charge in [-0.1, -0.05) is 49.9 Å². The molecular formula is C31H29F3N6O3S. The van der Waals surface area contributed by atoms with E-state index in [4.69, 9.17) is 0 Å². The van der Waals surface area contributed by atoms with Crippen molar-refractivity contribution in [2.24, 2.45) is 4.99 Å². The smallest absolute Gasteiger partial charge is 0.406 e. The van der Waals surface area contributed by atoms with Crippen LogP contribution in [0.5, 0.6) is 5.75 Å². The minimum Gasteiger partial charge on any atom is -0.406 e. The fourth-order valence-electron chi connectivity index (χ4n) is 4.60. The Morgan fingerprint density at radius 2 is 1.80 bits per heavy atom. The Morgan fingerprint density at radius 1 is 1.07 bits per heavy atom. The van der Waals surface area contributed by atoms with Crippen molar-refractivity contribution >= 4 is 40.2 Å². The molecule has 1 aliphatic rings. The molecule has 0 spiro atoms. The van der Waals surface area contributed by atoms with Crippen LogP contribution in [0, 0.1) is 6.92 Å². The highest BCUT2D eigenvalue weighted by Crippen LogP contribution is 2.34. The van der Waals surface area contributed by atoms with Crippen LogP contribution in [-0.4, -0.2) is 44.0 Å². The van der Waals surface area contributed by atoms with Gasteiger partial charge in [-0.2, -0.15) is 10.1 Å². The zero-order valence-electron chi connectivity index (χ0n) is 24.1. The van der Waals surface area contributed by atoms with E-state index in [-0.39, 0.29) is 23.3 Å². The van der Waals surface area contributed by atoms with Crippen molar-refractivity contribution in [3.8, 4) is 11.4 Å². The van der Waals surface area contributed by atoms with E-state index >= 15 is 0 Å². The number of halogens is 3. The van der Waals surface area contributed by atoms with Crippen molar-refractivity contribution in [1.82, 2.24) is 14.8 Å². The second kappa shape index (κ2) is 12.9. The number of nitrogens with zero attached hydrogens (tertiary/aromatic N) is 5. The van der Waals surface area contributed by atoms with Crippen LogP contribution >= 0.6 is 11.8 Å². The molecule has 0 unspecified atom stereocenters. The summed E-state index contributed by atoms with van der Waals surface area (Å²) in [5, 5.41) is 7.51. The number of carbonyl (C=O) groups excluding carboxylic acids is 2. The molecule has 5 rings (SSSR count). The number of hydrogen-bond donors (Lipinski definition) is 1. The number of amides is 3. The first kappa shape index (κ1) is 30.8. The number of anilines is 2. The number of aryl methyl sites for hydroxylation is 3. The molecular weight excluding hydrogens is 593 g/mol. The summed E-state index contributed by atoms with van der Waals surface area (Å²) < 4.78 is 42.5. The average Bonchev–Trinajstić information content (AvgIpc) is 3.58. The Hall–Kier alpha value is -4.65. The molecule has 3 amide bonds. The highest BCUT2D eigenvalue weighted by atomic mass is 32.2. The number of ether oxygens (including phenoxy) is 1. The van der Waals surface area contributed by atoms with Crippen LogP contribution < -0.4 is 15.0 Å². The normalized spacial score (nSPS) is 14.5. The predicted octanol–water partition coefficient (Wildman–Crippen LogP) is 7.05. The summed E-state index contributed by atoms with van der Waals surface area (Å²) in [4.78, 5) is 35.6. The quantitative estimate of drug-likeness (QED) is 0.226. The molecule has 44 heavy (non-hydrogen) atoms. The van der Waals surface area contributed by atoms with Crippen LogP contribution in [0.25, 0.3) is 5.69 Å². The van der Waals surface area contributed by atoms with Gasteiger partial charge in [0, 0.05) is 12.1 Å². The second-order valence-corrected chi connectivity index (χ2v) is 11.3. The van der Waals surface area contributed by atoms with Crippen LogP contribution in [0.1, 0.15) is 42.3 Å². The number of nitrogens with one attached hydrogen (secondary N) is 1. The summed E-state index contributed by atoms with van der Waals surface area (Å²) in [6, 6.07) is 18.0. The Bertz CT molecular complexity index is 1690. The van der Waals surface area contributed by atoms with Crippen molar-refractivity contribution in [2.75, 3.05) is 16.0 Å². The number of hydrogen-bond acceptors (Lipinski definition) is 6. The van der Waals surface area contributed by atoms with Gasteiger partial charge in [0.1, 0.15) is 12.1 Å². The van der Waals surface area contributed by atoms with E-state index in [2.05, 4.69) is 39.0 Å². The lowest BCUT2D eigenvalue weighted by Crippen LogP contribution is -2.31. The predicted molar refractivity (Wildman–Crippen MR) is 164 cm³/mol. The molecule has 0 atom stereocenters. The number of thioether (sulfide) groups is 1. The third-order valence-corrected chi connectivity index (χ3v) is 7.65. The summed E-state index contributed by atoms with van der Waals surface area (Å²) in [5.41, 5.74) is 4.86. The number of alkyl halides is 3. The first-order valence-corrected chi connectivity index (χ1v) is 14.8. The molecule has 3 aromatic carbocycles. The van der Waals surface area contributed by atoms with E-state index in [1.807, 2.05) is 37.3 Å². The molecule has 0 saturated carbocycles. The van der Waals surface area contributed by atoms with Crippen LogP contribution in [0.15, 0.2) is 78.0 Å². The molecule has 1 N–H and O–H groups in total. The monoisotopic (exact) mass is 622 g/mol. The topological polar surface area (TPSA) is 102 Å². The third-order valence-electron chi connectivity index (χ3n) is 6.73. The van der Waals surface area contributed by atoms with Crippen LogP contribution in [0.4, 0.5) is 29.3 Å².